The summed E-state index contributed by atoms with van der Waals surface area (Å²) >= 11 is 0. The maximum atomic E-state index is 4.37. The Morgan fingerprint density at radius 3 is 3.00 bits per heavy atom. The molecule has 0 radical (unpaired) electrons. The molecule has 0 saturated heterocycles. The first-order valence-corrected chi connectivity index (χ1v) is 4.11. The summed E-state index contributed by atoms with van der Waals surface area (Å²) in [4.78, 5) is 4.29. The molecule has 12 heavy (non-hydrogen) atoms. The maximum absolute atomic E-state index is 4.37. The molecule has 0 saturated carbocycles. The van der Waals surface area contributed by atoms with Gasteiger partial charge in [0.1, 0.15) is 0 Å². The van der Waals surface area contributed by atoms with E-state index < -0.39 is 0 Å². The Kier molecular flexibility index (Phi) is 1.57. The highest BCUT2D eigenvalue weighted by Gasteiger charge is 1.98. The second-order valence-electron chi connectivity index (χ2n) is 2.86. The molecule has 0 aliphatic heterocycles. The third kappa shape index (κ3) is 1.07. The average molecular weight is 161 g/mol. The Bertz CT molecular complexity index is 403. The van der Waals surface area contributed by atoms with Crippen molar-refractivity contribution in [3.63, 3.8) is 0 Å². The second-order valence-corrected chi connectivity index (χ2v) is 2.86. The summed E-state index contributed by atoms with van der Waals surface area (Å²) in [5.41, 5.74) is 3.03. The van der Waals surface area contributed by atoms with Crippen molar-refractivity contribution in [1.82, 2.24) is 14.6 Å². The first kappa shape index (κ1) is 7.28. The predicted molar refractivity (Wildman–Crippen MR) is 47.1 cm³/mol. The highest BCUT2D eigenvalue weighted by atomic mass is 15.2. The van der Waals surface area contributed by atoms with Gasteiger partial charge in [-0.1, -0.05) is 6.92 Å². The van der Waals surface area contributed by atoms with Gasteiger partial charge < -0.3 is 0 Å². The number of rotatable bonds is 1. The lowest BCUT2D eigenvalue weighted by atomic mass is 10.3. The Hall–Kier alpha value is -1.38. The van der Waals surface area contributed by atoms with Crippen LogP contribution in [0.3, 0.4) is 0 Å². The molecule has 0 unspecified atom stereocenters. The maximum Gasteiger partial charge on any atom is 0.153 e. The van der Waals surface area contributed by atoms with Crippen LogP contribution in [-0.2, 0) is 6.42 Å². The van der Waals surface area contributed by atoms with E-state index >= 15 is 0 Å². The van der Waals surface area contributed by atoms with E-state index in [4.69, 9.17) is 0 Å². The molecule has 0 aromatic carbocycles. The van der Waals surface area contributed by atoms with Gasteiger partial charge in [-0.15, -0.1) is 0 Å². The fraction of sp³-hybridized carbons (Fsp3) is 0.333. The molecule has 0 bridgehead atoms. The van der Waals surface area contributed by atoms with Crippen LogP contribution in [0.2, 0.25) is 0 Å². The van der Waals surface area contributed by atoms with Gasteiger partial charge in [0, 0.05) is 0 Å². The van der Waals surface area contributed by atoms with Crippen LogP contribution in [0.25, 0.3) is 5.65 Å². The molecule has 2 heterocycles. The SMILES string of the molecule is CCc1ccc2nc(C)cn2n1. The molecule has 0 spiro atoms. The number of aromatic nitrogens is 3. The predicted octanol–water partition coefficient (Wildman–Crippen LogP) is 1.60. The minimum Gasteiger partial charge on any atom is -0.232 e. The molecule has 62 valence electrons. The summed E-state index contributed by atoms with van der Waals surface area (Å²) in [6, 6.07) is 4.01. The smallest absolute Gasteiger partial charge is 0.153 e. The summed E-state index contributed by atoms with van der Waals surface area (Å²) in [5, 5.41) is 4.37. The van der Waals surface area contributed by atoms with Crippen molar-refractivity contribution in [1.29, 1.82) is 0 Å². The highest BCUT2D eigenvalue weighted by molar-refractivity contribution is 5.38. The van der Waals surface area contributed by atoms with Gasteiger partial charge in [-0.25, -0.2) is 9.50 Å². The van der Waals surface area contributed by atoms with E-state index in [0.717, 1.165) is 23.5 Å². The van der Waals surface area contributed by atoms with E-state index in [9.17, 15) is 0 Å². The van der Waals surface area contributed by atoms with Crippen LogP contribution in [0.15, 0.2) is 18.3 Å². The van der Waals surface area contributed by atoms with Crippen molar-refractivity contribution in [2.75, 3.05) is 0 Å². The standard InChI is InChI=1S/C9H11N3/c1-3-8-4-5-9-10-7(2)6-12(9)11-8/h4-6H,3H2,1-2H3. The summed E-state index contributed by atoms with van der Waals surface area (Å²) in [6.45, 7) is 4.07. The van der Waals surface area contributed by atoms with Crippen molar-refractivity contribution in [3.8, 4) is 0 Å². The highest BCUT2D eigenvalue weighted by Crippen LogP contribution is 2.03. The number of aryl methyl sites for hydroxylation is 2. The van der Waals surface area contributed by atoms with Crippen molar-refractivity contribution in [2.45, 2.75) is 20.3 Å². The molecule has 2 aromatic heterocycles. The van der Waals surface area contributed by atoms with Gasteiger partial charge >= 0.3 is 0 Å². The molecule has 0 aliphatic rings. The van der Waals surface area contributed by atoms with Crippen LogP contribution in [-0.4, -0.2) is 14.6 Å². The van der Waals surface area contributed by atoms with E-state index in [0.29, 0.717) is 0 Å². The van der Waals surface area contributed by atoms with Gasteiger partial charge in [-0.2, -0.15) is 5.10 Å². The van der Waals surface area contributed by atoms with Crippen LogP contribution in [0, 0.1) is 6.92 Å². The van der Waals surface area contributed by atoms with Gasteiger partial charge in [-0.05, 0) is 25.5 Å². The fourth-order valence-electron chi connectivity index (χ4n) is 1.23. The molecule has 0 aliphatic carbocycles. The van der Waals surface area contributed by atoms with Gasteiger partial charge in [0.05, 0.1) is 17.6 Å². The Labute approximate surface area is 71.1 Å². The molecule has 2 rings (SSSR count). The topological polar surface area (TPSA) is 30.2 Å². The quantitative estimate of drug-likeness (QED) is 0.636. The van der Waals surface area contributed by atoms with E-state index in [1.54, 1.807) is 0 Å². The average Bonchev–Trinajstić information content (AvgIpc) is 2.43. The summed E-state index contributed by atoms with van der Waals surface area (Å²) < 4.78 is 1.83. The number of nitrogens with zero attached hydrogens (tertiary/aromatic N) is 3. The lowest BCUT2D eigenvalue weighted by Crippen LogP contribution is -1.94. The molecule has 0 atom stereocenters. The van der Waals surface area contributed by atoms with E-state index in [2.05, 4.69) is 17.0 Å². The van der Waals surface area contributed by atoms with E-state index in [1.807, 2.05) is 29.8 Å². The Balaban J connectivity index is 2.66. The summed E-state index contributed by atoms with van der Waals surface area (Å²) in [6.07, 6.45) is 2.90. The van der Waals surface area contributed by atoms with Gasteiger partial charge in [0.15, 0.2) is 5.65 Å². The third-order valence-corrected chi connectivity index (χ3v) is 1.86. The largest absolute Gasteiger partial charge is 0.232 e. The second kappa shape index (κ2) is 2.59. The molecular weight excluding hydrogens is 150 g/mol. The molecule has 0 fully saturated rings. The van der Waals surface area contributed by atoms with Crippen molar-refractivity contribution < 1.29 is 0 Å². The van der Waals surface area contributed by atoms with Crippen LogP contribution in [0.4, 0.5) is 0 Å². The number of imidazole rings is 1. The van der Waals surface area contributed by atoms with Crippen LogP contribution < -0.4 is 0 Å². The van der Waals surface area contributed by atoms with Gasteiger partial charge in [-0.3, -0.25) is 0 Å². The Morgan fingerprint density at radius 1 is 1.42 bits per heavy atom. The zero-order valence-corrected chi connectivity index (χ0v) is 7.28. The van der Waals surface area contributed by atoms with E-state index in [1.165, 1.54) is 0 Å². The minimum absolute atomic E-state index is 0.921. The molecule has 3 nitrogen and oxygen atoms in total. The molecular formula is C9H11N3. The molecule has 0 N–H and O–H groups in total. The lowest BCUT2D eigenvalue weighted by Gasteiger charge is -1.95. The molecule has 3 heteroatoms. The minimum atomic E-state index is 0.921. The third-order valence-electron chi connectivity index (χ3n) is 1.86. The monoisotopic (exact) mass is 161 g/mol. The summed E-state index contributed by atoms with van der Waals surface area (Å²) in [5.74, 6) is 0. The number of fused-ring (bicyclic) bond motifs is 1. The number of hydrogen-bond donors (Lipinski definition) is 0. The fourth-order valence-corrected chi connectivity index (χ4v) is 1.23. The zero-order chi connectivity index (χ0) is 8.55. The van der Waals surface area contributed by atoms with Crippen LogP contribution in [0.1, 0.15) is 18.3 Å². The Morgan fingerprint density at radius 2 is 2.25 bits per heavy atom. The van der Waals surface area contributed by atoms with Gasteiger partial charge in [0.25, 0.3) is 0 Å². The normalized spacial score (nSPS) is 10.8. The van der Waals surface area contributed by atoms with Gasteiger partial charge in [0.2, 0.25) is 0 Å². The van der Waals surface area contributed by atoms with Crippen molar-refractivity contribution in [3.05, 3.63) is 29.7 Å². The van der Waals surface area contributed by atoms with Crippen molar-refractivity contribution >= 4 is 5.65 Å². The first-order valence-electron chi connectivity index (χ1n) is 4.11. The summed E-state index contributed by atoms with van der Waals surface area (Å²) in [7, 11) is 0. The lowest BCUT2D eigenvalue weighted by molar-refractivity contribution is 0.861. The van der Waals surface area contributed by atoms with Crippen molar-refractivity contribution in [2.24, 2.45) is 0 Å². The molecule has 0 amide bonds. The number of hydrogen-bond acceptors (Lipinski definition) is 2. The van der Waals surface area contributed by atoms with Crippen LogP contribution in [0.5, 0.6) is 0 Å². The molecule has 2 aromatic rings. The first-order chi connectivity index (χ1) is 5.79. The van der Waals surface area contributed by atoms with Crippen LogP contribution >= 0.6 is 0 Å². The van der Waals surface area contributed by atoms with E-state index in [-0.39, 0.29) is 0 Å². The zero-order valence-electron chi connectivity index (χ0n) is 7.28.